The van der Waals surface area contributed by atoms with Crippen LogP contribution in [-0.4, -0.2) is 17.7 Å². The number of thioether (sulfide) groups is 1. The maximum atomic E-state index is 12.7. The van der Waals surface area contributed by atoms with Gasteiger partial charge in [0.15, 0.2) is 6.61 Å². The number of carbonyl (C=O) groups is 1. The number of hydrogen-bond acceptors (Lipinski definition) is 4. The summed E-state index contributed by atoms with van der Waals surface area (Å²) in [5.74, 6) is 1.03. The number of carboxylic acid groups (broad SMARTS) is 1. The summed E-state index contributed by atoms with van der Waals surface area (Å²) in [5, 5.41) is 8.87. The van der Waals surface area contributed by atoms with E-state index in [9.17, 15) is 18.0 Å². The number of aliphatic carboxylic acids is 1. The summed E-state index contributed by atoms with van der Waals surface area (Å²) in [7, 11) is 0. The SMILES string of the molecule is O=C(O)COc1ccc(SCc2cccc(OCc3ccc(C(F)(F)F)cc3)c2)c2c1CCC2. The fraction of sp³-hybridized carbons (Fsp3) is 0.269. The first-order valence-corrected chi connectivity index (χ1v) is 11.8. The second-order valence-electron chi connectivity index (χ2n) is 7.97. The third-order valence-corrected chi connectivity index (χ3v) is 6.70. The predicted octanol–water partition coefficient (Wildman–Crippen LogP) is 6.53. The zero-order valence-corrected chi connectivity index (χ0v) is 19.0. The van der Waals surface area contributed by atoms with E-state index < -0.39 is 17.7 Å². The van der Waals surface area contributed by atoms with Gasteiger partial charge in [-0.3, -0.25) is 0 Å². The van der Waals surface area contributed by atoms with Gasteiger partial charge in [-0.05, 0) is 77.9 Å². The lowest BCUT2D eigenvalue weighted by atomic mass is 10.1. The molecule has 4 nitrogen and oxygen atoms in total. The molecule has 0 unspecified atom stereocenters. The lowest BCUT2D eigenvalue weighted by Gasteiger charge is -2.13. The molecule has 3 aromatic rings. The summed E-state index contributed by atoms with van der Waals surface area (Å²) in [6, 6.07) is 16.4. The van der Waals surface area contributed by atoms with Gasteiger partial charge in [0.2, 0.25) is 0 Å². The van der Waals surface area contributed by atoms with Crippen LogP contribution >= 0.6 is 11.8 Å². The number of halogens is 3. The van der Waals surface area contributed by atoms with Gasteiger partial charge < -0.3 is 14.6 Å². The molecule has 0 aromatic heterocycles. The van der Waals surface area contributed by atoms with Crippen LogP contribution in [0.15, 0.2) is 65.6 Å². The molecule has 0 radical (unpaired) electrons. The van der Waals surface area contributed by atoms with E-state index in [-0.39, 0.29) is 13.2 Å². The fourth-order valence-corrected chi connectivity index (χ4v) is 4.96. The summed E-state index contributed by atoms with van der Waals surface area (Å²) in [5.41, 5.74) is 3.37. The molecule has 0 fully saturated rings. The highest BCUT2D eigenvalue weighted by molar-refractivity contribution is 7.98. The van der Waals surface area contributed by atoms with E-state index in [4.69, 9.17) is 14.6 Å². The third kappa shape index (κ3) is 6.05. The van der Waals surface area contributed by atoms with Crippen molar-refractivity contribution in [1.29, 1.82) is 0 Å². The molecule has 3 aromatic carbocycles. The molecule has 0 spiro atoms. The van der Waals surface area contributed by atoms with E-state index >= 15 is 0 Å². The molecule has 1 N–H and O–H groups in total. The summed E-state index contributed by atoms with van der Waals surface area (Å²) in [6.07, 6.45) is -1.51. The highest BCUT2D eigenvalue weighted by Gasteiger charge is 2.29. The Balaban J connectivity index is 1.37. The van der Waals surface area contributed by atoms with E-state index in [1.807, 2.05) is 36.4 Å². The van der Waals surface area contributed by atoms with Gasteiger partial charge in [-0.25, -0.2) is 4.79 Å². The number of benzene rings is 3. The van der Waals surface area contributed by atoms with Crippen LogP contribution in [0, 0.1) is 0 Å². The molecule has 0 aliphatic heterocycles. The monoisotopic (exact) mass is 488 g/mol. The lowest BCUT2D eigenvalue weighted by Crippen LogP contribution is -2.10. The normalized spacial score (nSPS) is 12.9. The van der Waals surface area contributed by atoms with Gasteiger partial charge in [-0.15, -0.1) is 11.8 Å². The Morgan fingerprint density at radius 3 is 2.44 bits per heavy atom. The van der Waals surface area contributed by atoms with Crippen molar-refractivity contribution < 1.29 is 32.5 Å². The molecule has 1 aliphatic carbocycles. The third-order valence-electron chi connectivity index (χ3n) is 5.53. The molecule has 0 saturated carbocycles. The maximum absolute atomic E-state index is 12.7. The summed E-state index contributed by atoms with van der Waals surface area (Å²) < 4.78 is 49.4. The van der Waals surface area contributed by atoms with Crippen LogP contribution in [0.2, 0.25) is 0 Å². The Bertz CT molecular complexity index is 1160. The van der Waals surface area contributed by atoms with Gasteiger partial charge in [0, 0.05) is 10.6 Å². The van der Waals surface area contributed by atoms with Gasteiger partial charge in [0.1, 0.15) is 18.1 Å². The van der Waals surface area contributed by atoms with Gasteiger partial charge >= 0.3 is 12.1 Å². The maximum Gasteiger partial charge on any atom is 0.416 e. The number of fused-ring (bicyclic) bond motifs is 1. The first-order valence-electron chi connectivity index (χ1n) is 10.8. The van der Waals surface area contributed by atoms with Crippen LogP contribution in [0.5, 0.6) is 11.5 Å². The topological polar surface area (TPSA) is 55.8 Å². The molecule has 0 bridgehead atoms. The Hall–Kier alpha value is -3.13. The van der Waals surface area contributed by atoms with Gasteiger partial charge in [0.05, 0.1) is 5.56 Å². The van der Waals surface area contributed by atoms with E-state index in [1.54, 1.807) is 11.8 Å². The van der Waals surface area contributed by atoms with Crippen LogP contribution in [0.4, 0.5) is 13.2 Å². The van der Waals surface area contributed by atoms with Crippen molar-refractivity contribution >= 4 is 17.7 Å². The minimum absolute atomic E-state index is 0.181. The van der Waals surface area contributed by atoms with Crippen LogP contribution in [-0.2, 0) is 36.2 Å². The quantitative estimate of drug-likeness (QED) is 0.347. The Kier molecular flexibility index (Phi) is 7.36. The average molecular weight is 489 g/mol. The molecule has 178 valence electrons. The number of ether oxygens (including phenoxy) is 2. The van der Waals surface area contributed by atoms with Gasteiger partial charge in [0.25, 0.3) is 0 Å². The molecular formula is C26H23F3O4S. The minimum Gasteiger partial charge on any atom is -0.489 e. The molecule has 0 saturated heterocycles. The molecule has 4 rings (SSSR count). The Morgan fingerprint density at radius 1 is 0.941 bits per heavy atom. The number of rotatable bonds is 9. The zero-order valence-electron chi connectivity index (χ0n) is 18.2. The van der Waals surface area contributed by atoms with Crippen LogP contribution in [0.1, 0.15) is 34.2 Å². The van der Waals surface area contributed by atoms with E-state index in [0.717, 1.165) is 53.2 Å². The largest absolute Gasteiger partial charge is 0.489 e. The number of hydrogen-bond donors (Lipinski definition) is 1. The fourth-order valence-electron chi connectivity index (χ4n) is 3.89. The predicted molar refractivity (Wildman–Crippen MR) is 123 cm³/mol. The zero-order chi connectivity index (χ0) is 24.1. The standard InChI is InChI=1S/C26H23F3O4S/c27-26(28,29)19-9-7-17(8-10-19)14-32-20-4-1-3-18(13-20)16-34-24-12-11-23(33-15-25(30)31)21-5-2-6-22(21)24/h1,3-4,7-13H,2,5-6,14-16H2,(H,30,31). The van der Waals surface area contributed by atoms with Crippen molar-refractivity contribution in [3.05, 3.63) is 88.5 Å². The van der Waals surface area contributed by atoms with Crippen LogP contribution in [0.25, 0.3) is 0 Å². The van der Waals surface area contributed by atoms with Crippen molar-refractivity contribution in [2.75, 3.05) is 6.61 Å². The van der Waals surface area contributed by atoms with Crippen molar-refractivity contribution in [1.82, 2.24) is 0 Å². The molecule has 34 heavy (non-hydrogen) atoms. The summed E-state index contributed by atoms with van der Waals surface area (Å²) >= 11 is 1.71. The highest BCUT2D eigenvalue weighted by Crippen LogP contribution is 2.39. The van der Waals surface area contributed by atoms with Crippen molar-refractivity contribution in [2.45, 2.75) is 42.7 Å². The Morgan fingerprint density at radius 2 is 1.71 bits per heavy atom. The molecule has 0 amide bonds. The van der Waals surface area contributed by atoms with E-state index in [0.29, 0.717) is 17.1 Å². The molecule has 8 heteroatoms. The van der Waals surface area contributed by atoms with Crippen molar-refractivity contribution in [3.63, 3.8) is 0 Å². The molecule has 0 heterocycles. The van der Waals surface area contributed by atoms with Gasteiger partial charge in [-0.2, -0.15) is 13.2 Å². The highest BCUT2D eigenvalue weighted by atomic mass is 32.2. The molecule has 0 atom stereocenters. The summed E-state index contributed by atoms with van der Waals surface area (Å²) in [6.45, 7) is -0.168. The molecular weight excluding hydrogens is 465 g/mol. The second-order valence-corrected chi connectivity index (χ2v) is 8.99. The van der Waals surface area contributed by atoms with E-state index in [1.165, 1.54) is 17.7 Å². The van der Waals surface area contributed by atoms with Gasteiger partial charge in [-0.1, -0.05) is 24.3 Å². The first-order chi connectivity index (χ1) is 16.3. The molecule has 1 aliphatic rings. The van der Waals surface area contributed by atoms with Crippen molar-refractivity contribution in [3.8, 4) is 11.5 Å². The first kappa shape index (κ1) is 24.0. The van der Waals surface area contributed by atoms with Crippen molar-refractivity contribution in [2.24, 2.45) is 0 Å². The minimum atomic E-state index is -4.35. The number of alkyl halides is 3. The van der Waals surface area contributed by atoms with E-state index in [2.05, 4.69) is 0 Å². The Labute approximate surface area is 199 Å². The summed E-state index contributed by atoms with van der Waals surface area (Å²) in [4.78, 5) is 12.0. The lowest BCUT2D eigenvalue weighted by molar-refractivity contribution is -0.139. The van der Waals surface area contributed by atoms with Crippen LogP contribution in [0.3, 0.4) is 0 Å². The smallest absolute Gasteiger partial charge is 0.416 e. The number of carboxylic acids is 1. The average Bonchev–Trinajstić information content (AvgIpc) is 3.31. The second kappa shape index (κ2) is 10.4. The van der Waals surface area contributed by atoms with Crippen LogP contribution < -0.4 is 9.47 Å².